The SMILES string of the molecule is CC(C)(C)Nc1c(C(C)(C)C)[nH]c2c(NC(=O)c3ccc(F)cc3)cnn12. The number of nitrogens with zero attached hydrogens (tertiary/aromatic N) is 2. The molecule has 2 heterocycles. The van der Waals surface area contributed by atoms with Gasteiger partial charge in [0, 0.05) is 16.5 Å². The molecule has 1 amide bonds. The number of aromatic amines is 1. The van der Waals surface area contributed by atoms with Gasteiger partial charge in [0.25, 0.3) is 5.91 Å². The standard InChI is InChI=1S/C20H26FN5O/c1-19(2,3)15-17(25-20(4,5)6)26-16(24-15)14(11-22-26)23-18(27)12-7-9-13(21)10-8-12/h7-11,24-25H,1-6H3,(H,23,27). The Balaban J connectivity index is 2.00. The molecule has 1 aromatic carbocycles. The molecule has 0 fully saturated rings. The number of nitrogens with one attached hydrogen (secondary N) is 3. The van der Waals surface area contributed by atoms with E-state index in [1.807, 2.05) is 0 Å². The molecule has 0 radical (unpaired) electrons. The van der Waals surface area contributed by atoms with Crippen molar-refractivity contribution in [1.82, 2.24) is 14.6 Å². The highest BCUT2D eigenvalue weighted by Gasteiger charge is 2.27. The lowest BCUT2D eigenvalue weighted by atomic mass is 9.91. The second-order valence-corrected chi connectivity index (χ2v) is 8.75. The van der Waals surface area contributed by atoms with E-state index >= 15 is 0 Å². The number of anilines is 2. The highest BCUT2D eigenvalue weighted by molar-refractivity contribution is 6.06. The quantitative estimate of drug-likeness (QED) is 0.632. The monoisotopic (exact) mass is 371 g/mol. The Morgan fingerprint density at radius 2 is 1.74 bits per heavy atom. The lowest BCUT2D eigenvalue weighted by Gasteiger charge is -2.25. The van der Waals surface area contributed by atoms with Crippen LogP contribution in [0.4, 0.5) is 15.9 Å². The molecule has 3 rings (SSSR count). The highest BCUT2D eigenvalue weighted by atomic mass is 19.1. The summed E-state index contributed by atoms with van der Waals surface area (Å²) in [6.07, 6.45) is 1.60. The van der Waals surface area contributed by atoms with Gasteiger partial charge in [0.05, 0.1) is 11.9 Å². The van der Waals surface area contributed by atoms with Crippen LogP contribution in [0, 0.1) is 5.82 Å². The van der Waals surface area contributed by atoms with E-state index in [2.05, 4.69) is 62.3 Å². The van der Waals surface area contributed by atoms with Crippen LogP contribution >= 0.6 is 0 Å². The molecule has 0 spiro atoms. The third-order valence-electron chi connectivity index (χ3n) is 4.06. The van der Waals surface area contributed by atoms with Gasteiger partial charge in [-0.2, -0.15) is 9.61 Å². The first kappa shape index (κ1) is 18.9. The first-order valence-corrected chi connectivity index (χ1v) is 8.91. The molecule has 7 heteroatoms. The second kappa shape index (κ2) is 6.40. The first-order chi connectivity index (χ1) is 12.5. The Bertz CT molecular complexity index is 971. The van der Waals surface area contributed by atoms with E-state index in [4.69, 9.17) is 0 Å². The van der Waals surface area contributed by atoms with Gasteiger partial charge in [-0.05, 0) is 45.0 Å². The number of aromatic nitrogens is 3. The maximum Gasteiger partial charge on any atom is 0.255 e. The van der Waals surface area contributed by atoms with Gasteiger partial charge < -0.3 is 15.6 Å². The Hall–Kier alpha value is -2.83. The number of hydrogen-bond acceptors (Lipinski definition) is 3. The molecule has 0 bridgehead atoms. The zero-order valence-electron chi connectivity index (χ0n) is 16.6. The molecule has 0 unspecified atom stereocenters. The largest absolute Gasteiger partial charge is 0.364 e. The normalized spacial score (nSPS) is 12.4. The number of halogens is 1. The second-order valence-electron chi connectivity index (χ2n) is 8.75. The Labute approximate surface area is 158 Å². The summed E-state index contributed by atoms with van der Waals surface area (Å²) in [7, 11) is 0. The topological polar surface area (TPSA) is 74.2 Å². The molecule has 3 aromatic rings. The summed E-state index contributed by atoms with van der Waals surface area (Å²) in [5.41, 5.74) is 2.34. The van der Waals surface area contributed by atoms with Crippen molar-refractivity contribution in [3.8, 4) is 0 Å². The molecule has 3 N–H and O–H groups in total. The lowest BCUT2D eigenvalue weighted by Crippen LogP contribution is -2.29. The van der Waals surface area contributed by atoms with Crippen LogP contribution < -0.4 is 10.6 Å². The molecular weight excluding hydrogens is 345 g/mol. The highest BCUT2D eigenvalue weighted by Crippen LogP contribution is 2.33. The van der Waals surface area contributed by atoms with Gasteiger partial charge in [0.1, 0.15) is 17.3 Å². The zero-order chi connectivity index (χ0) is 20.0. The van der Waals surface area contributed by atoms with Gasteiger partial charge in [0.2, 0.25) is 0 Å². The maximum absolute atomic E-state index is 13.1. The predicted octanol–water partition coefficient (Wildman–Crippen LogP) is 4.56. The van der Waals surface area contributed by atoms with Crippen LogP contribution in [0.2, 0.25) is 0 Å². The van der Waals surface area contributed by atoms with Crippen LogP contribution in [-0.4, -0.2) is 26.0 Å². The number of carbonyl (C=O) groups is 1. The van der Waals surface area contributed by atoms with Crippen LogP contribution in [0.1, 0.15) is 57.6 Å². The molecule has 2 aromatic heterocycles. The summed E-state index contributed by atoms with van der Waals surface area (Å²) in [6.45, 7) is 12.6. The Kier molecular flexibility index (Phi) is 4.49. The van der Waals surface area contributed by atoms with E-state index in [-0.39, 0.29) is 22.7 Å². The van der Waals surface area contributed by atoms with E-state index in [0.717, 1.165) is 11.5 Å². The van der Waals surface area contributed by atoms with Crippen LogP contribution in [0.15, 0.2) is 30.5 Å². The van der Waals surface area contributed by atoms with Crippen molar-refractivity contribution in [1.29, 1.82) is 0 Å². The first-order valence-electron chi connectivity index (χ1n) is 8.91. The van der Waals surface area contributed by atoms with Crippen molar-refractivity contribution in [3.63, 3.8) is 0 Å². The van der Waals surface area contributed by atoms with Crippen molar-refractivity contribution in [3.05, 3.63) is 47.5 Å². The minimum absolute atomic E-state index is 0.146. The molecule has 27 heavy (non-hydrogen) atoms. The zero-order valence-corrected chi connectivity index (χ0v) is 16.6. The smallest absolute Gasteiger partial charge is 0.255 e. The third-order valence-corrected chi connectivity index (χ3v) is 4.06. The number of carbonyl (C=O) groups excluding carboxylic acids is 1. The molecular formula is C20H26FN5O. The summed E-state index contributed by atoms with van der Waals surface area (Å²) < 4.78 is 14.8. The van der Waals surface area contributed by atoms with Gasteiger partial charge in [-0.25, -0.2) is 4.39 Å². The fourth-order valence-corrected chi connectivity index (χ4v) is 2.82. The summed E-state index contributed by atoms with van der Waals surface area (Å²) in [5, 5.41) is 10.8. The maximum atomic E-state index is 13.1. The minimum atomic E-state index is -0.378. The minimum Gasteiger partial charge on any atom is -0.364 e. The molecule has 0 aliphatic carbocycles. The number of H-pyrrole nitrogens is 1. The van der Waals surface area contributed by atoms with Crippen LogP contribution in [0.5, 0.6) is 0 Å². The number of benzene rings is 1. The van der Waals surface area contributed by atoms with Crippen molar-refractivity contribution in [2.75, 3.05) is 10.6 Å². The molecule has 0 saturated carbocycles. The molecule has 0 aliphatic rings. The van der Waals surface area contributed by atoms with Gasteiger partial charge in [-0.3, -0.25) is 4.79 Å². The number of imidazole rings is 1. The predicted molar refractivity (Wildman–Crippen MR) is 106 cm³/mol. The van der Waals surface area contributed by atoms with Crippen LogP contribution in [0.25, 0.3) is 5.65 Å². The Morgan fingerprint density at radius 3 is 2.30 bits per heavy atom. The molecule has 0 atom stereocenters. The van der Waals surface area contributed by atoms with Gasteiger partial charge in [-0.1, -0.05) is 20.8 Å². The van der Waals surface area contributed by atoms with Gasteiger partial charge in [0.15, 0.2) is 5.65 Å². The van der Waals surface area contributed by atoms with E-state index in [9.17, 15) is 9.18 Å². The van der Waals surface area contributed by atoms with E-state index in [0.29, 0.717) is 16.9 Å². The van der Waals surface area contributed by atoms with Crippen molar-refractivity contribution in [2.24, 2.45) is 0 Å². The van der Waals surface area contributed by atoms with Gasteiger partial charge in [-0.15, -0.1) is 0 Å². The van der Waals surface area contributed by atoms with E-state index < -0.39 is 0 Å². The average Bonchev–Trinajstić information content (AvgIpc) is 3.07. The summed E-state index contributed by atoms with van der Waals surface area (Å²) in [5.74, 6) is 0.172. The number of amides is 1. The van der Waals surface area contributed by atoms with Crippen molar-refractivity contribution < 1.29 is 9.18 Å². The lowest BCUT2D eigenvalue weighted by molar-refractivity contribution is 0.102. The fraction of sp³-hybridized carbons (Fsp3) is 0.400. The van der Waals surface area contributed by atoms with Crippen LogP contribution in [0.3, 0.4) is 0 Å². The third kappa shape index (κ3) is 3.97. The summed E-state index contributed by atoms with van der Waals surface area (Å²) in [4.78, 5) is 15.9. The van der Waals surface area contributed by atoms with Crippen LogP contribution in [-0.2, 0) is 5.41 Å². The molecule has 0 aliphatic heterocycles. The number of hydrogen-bond donors (Lipinski definition) is 3. The average molecular weight is 371 g/mol. The number of rotatable bonds is 3. The molecule has 6 nitrogen and oxygen atoms in total. The van der Waals surface area contributed by atoms with Crippen molar-refractivity contribution in [2.45, 2.75) is 52.5 Å². The molecule has 144 valence electrons. The summed E-state index contributed by atoms with van der Waals surface area (Å²) in [6, 6.07) is 5.43. The summed E-state index contributed by atoms with van der Waals surface area (Å²) >= 11 is 0. The number of fused-ring (bicyclic) bond motifs is 1. The molecule has 0 saturated heterocycles. The Morgan fingerprint density at radius 1 is 1.11 bits per heavy atom. The van der Waals surface area contributed by atoms with Gasteiger partial charge >= 0.3 is 0 Å². The fourth-order valence-electron chi connectivity index (χ4n) is 2.82. The van der Waals surface area contributed by atoms with Crippen molar-refractivity contribution >= 4 is 23.1 Å². The van der Waals surface area contributed by atoms with E-state index in [1.165, 1.54) is 24.3 Å². The van der Waals surface area contributed by atoms with E-state index in [1.54, 1.807) is 10.7 Å².